The third-order valence-corrected chi connectivity index (χ3v) is 2.94. The number of aryl methyl sites for hydroxylation is 3. The van der Waals surface area contributed by atoms with E-state index in [0.29, 0.717) is 13.0 Å². The summed E-state index contributed by atoms with van der Waals surface area (Å²) < 4.78 is 2.04. The molecule has 0 fully saturated rings. The highest BCUT2D eigenvalue weighted by atomic mass is 16.1. The first-order valence-electron chi connectivity index (χ1n) is 5.49. The standard InChI is InChI=1S/C13H16N2O/c1-9-6-12-13(7-10(9)2)15(8-14-12)5-4-11(3)16/h6-8H,4-5H2,1-3H3. The van der Waals surface area contributed by atoms with Crippen molar-refractivity contribution >= 4 is 16.8 Å². The first-order valence-corrected chi connectivity index (χ1v) is 5.49. The average molecular weight is 216 g/mol. The molecule has 1 heterocycles. The van der Waals surface area contributed by atoms with E-state index in [0.717, 1.165) is 11.0 Å². The van der Waals surface area contributed by atoms with Gasteiger partial charge in [0, 0.05) is 13.0 Å². The van der Waals surface area contributed by atoms with Crippen LogP contribution in [0, 0.1) is 13.8 Å². The van der Waals surface area contributed by atoms with Crippen molar-refractivity contribution in [2.24, 2.45) is 0 Å². The van der Waals surface area contributed by atoms with Gasteiger partial charge in [-0.3, -0.25) is 4.79 Å². The number of aromatic nitrogens is 2. The second kappa shape index (κ2) is 4.08. The predicted molar refractivity (Wildman–Crippen MR) is 64.5 cm³/mol. The van der Waals surface area contributed by atoms with Gasteiger partial charge in [0.1, 0.15) is 5.78 Å². The Labute approximate surface area is 95.1 Å². The Morgan fingerprint density at radius 2 is 2.00 bits per heavy atom. The molecule has 0 aliphatic carbocycles. The third-order valence-electron chi connectivity index (χ3n) is 2.94. The van der Waals surface area contributed by atoms with Crippen molar-refractivity contribution in [3.8, 4) is 0 Å². The van der Waals surface area contributed by atoms with Crippen molar-refractivity contribution in [3.63, 3.8) is 0 Å². The van der Waals surface area contributed by atoms with Crippen molar-refractivity contribution in [2.45, 2.75) is 33.7 Å². The SMILES string of the molecule is CC(=O)CCn1cnc2cc(C)c(C)cc21. The van der Waals surface area contributed by atoms with E-state index in [9.17, 15) is 4.79 Å². The highest BCUT2D eigenvalue weighted by Crippen LogP contribution is 2.18. The van der Waals surface area contributed by atoms with Crippen LogP contribution in [0.25, 0.3) is 11.0 Å². The molecule has 0 saturated heterocycles. The van der Waals surface area contributed by atoms with Crippen molar-refractivity contribution in [1.29, 1.82) is 0 Å². The summed E-state index contributed by atoms with van der Waals surface area (Å²) in [5.41, 5.74) is 4.64. The number of hydrogen-bond donors (Lipinski definition) is 0. The Bertz CT molecular complexity index is 540. The van der Waals surface area contributed by atoms with Crippen LogP contribution >= 0.6 is 0 Å². The van der Waals surface area contributed by atoms with Crippen molar-refractivity contribution in [2.75, 3.05) is 0 Å². The molecule has 0 unspecified atom stereocenters. The molecule has 0 saturated carbocycles. The Kier molecular flexibility index (Phi) is 2.77. The molecule has 0 aliphatic rings. The maximum absolute atomic E-state index is 11.0. The number of Topliss-reactive ketones (excluding diaryl/α,β-unsaturated/α-hetero) is 1. The van der Waals surface area contributed by atoms with Gasteiger partial charge in [0.05, 0.1) is 17.4 Å². The molecule has 2 rings (SSSR count). The Balaban J connectivity index is 2.40. The summed E-state index contributed by atoms with van der Waals surface area (Å²) >= 11 is 0. The van der Waals surface area contributed by atoms with E-state index in [-0.39, 0.29) is 5.78 Å². The first-order chi connectivity index (χ1) is 7.58. The normalized spacial score (nSPS) is 10.9. The van der Waals surface area contributed by atoms with E-state index < -0.39 is 0 Å². The predicted octanol–water partition coefficient (Wildman–Crippen LogP) is 2.63. The van der Waals surface area contributed by atoms with Gasteiger partial charge in [0.2, 0.25) is 0 Å². The van der Waals surface area contributed by atoms with Crippen LogP contribution < -0.4 is 0 Å². The zero-order valence-corrected chi connectivity index (χ0v) is 9.95. The molecule has 0 spiro atoms. The maximum Gasteiger partial charge on any atom is 0.131 e. The summed E-state index contributed by atoms with van der Waals surface area (Å²) in [4.78, 5) is 15.3. The molecule has 2 aromatic rings. The zero-order chi connectivity index (χ0) is 11.7. The first kappa shape index (κ1) is 10.9. The summed E-state index contributed by atoms with van der Waals surface area (Å²) in [6, 6.07) is 4.23. The summed E-state index contributed by atoms with van der Waals surface area (Å²) in [5, 5.41) is 0. The number of carbonyl (C=O) groups is 1. The van der Waals surface area contributed by atoms with Gasteiger partial charge >= 0.3 is 0 Å². The van der Waals surface area contributed by atoms with Gasteiger partial charge in [0.25, 0.3) is 0 Å². The summed E-state index contributed by atoms with van der Waals surface area (Å²) in [6.07, 6.45) is 2.38. The number of nitrogens with zero attached hydrogens (tertiary/aromatic N) is 2. The van der Waals surface area contributed by atoms with Gasteiger partial charge < -0.3 is 4.57 Å². The Morgan fingerprint density at radius 3 is 2.69 bits per heavy atom. The third kappa shape index (κ3) is 1.98. The molecule has 1 aromatic heterocycles. The molecule has 0 aliphatic heterocycles. The minimum Gasteiger partial charge on any atom is -0.330 e. The van der Waals surface area contributed by atoms with Crippen molar-refractivity contribution in [3.05, 3.63) is 29.6 Å². The lowest BCUT2D eigenvalue weighted by Crippen LogP contribution is -2.01. The van der Waals surface area contributed by atoms with E-state index >= 15 is 0 Å². The molecule has 3 heteroatoms. The number of fused-ring (bicyclic) bond motifs is 1. The molecule has 3 nitrogen and oxygen atoms in total. The lowest BCUT2D eigenvalue weighted by molar-refractivity contribution is -0.117. The number of imidazole rings is 1. The smallest absolute Gasteiger partial charge is 0.131 e. The molecule has 0 amide bonds. The highest BCUT2D eigenvalue weighted by molar-refractivity contribution is 5.78. The molecule has 1 aromatic carbocycles. The van der Waals surface area contributed by atoms with Crippen LogP contribution in [0.4, 0.5) is 0 Å². The fourth-order valence-electron chi connectivity index (χ4n) is 1.77. The Hall–Kier alpha value is -1.64. The molecule has 0 radical (unpaired) electrons. The van der Waals surface area contributed by atoms with Gasteiger partial charge in [-0.25, -0.2) is 4.98 Å². The molecule has 84 valence electrons. The summed E-state index contributed by atoms with van der Waals surface area (Å²) in [7, 11) is 0. The topological polar surface area (TPSA) is 34.9 Å². The van der Waals surface area contributed by atoms with Gasteiger partial charge in [-0.1, -0.05) is 0 Å². The second-order valence-electron chi connectivity index (χ2n) is 4.32. The summed E-state index contributed by atoms with van der Waals surface area (Å²) in [6.45, 7) is 6.52. The van der Waals surface area contributed by atoms with Crippen LogP contribution in [-0.4, -0.2) is 15.3 Å². The van der Waals surface area contributed by atoms with E-state index in [4.69, 9.17) is 0 Å². The fraction of sp³-hybridized carbons (Fsp3) is 0.385. The van der Waals surface area contributed by atoms with Gasteiger partial charge in [-0.2, -0.15) is 0 Å². The monoisotopic (exact) mass is 216 g/mol. The average Bonchev–Trinajstić information content (AvgIpc) is 2.58. The largest absolute Gasteiger partial charge is 0.330 e. The molecular formula is C13H16N2O. The lowest BCUT2D eigenvalue weighted by Gasteiger charge is -2.04. The van der Waals surface area contributed by atoms with Gasteiger partial charge in [-0.15, -0.1) is 0 Å². The van der Waals surface area contributed by atoms with E-state index in [1.165, 1.54) is 11.1 Å². The summed E-state index contributed by atoms with van der Waals surface area (Å²) in [5.74, 6) is 0.214. The van der Waals surface area contributed by atoms with Gasteiger partial charge in [-0.05, 0) is 44.0 Å². The maximum atomic E-state index is 11.0. The van der Waals surface area contributed by atoms with Crippen LogP contribution in [0.3, 0.4) is 0 Å². The van der Waals surface area contributed by atoms with E-state index in [1.807, 2.05) is 10.9 Å². The minimum absolute atomic E-state index is 0.214. The van der Waals surface area contributed by atoms with E-state index in [1.54, 1.807) is 6.92 Å². The minimum atomic E-state index is 0.214. The van der Waals surface area contributed by atoms with Crippen LogP contribution in [0.2, 0.25) is 0 Å². The number of hydrogen-bond acceptors (Lipinski definition) is 2. The fourth-order valence-corrected chi connectivity index (χ4v) is 1.77. The van der Waals surface area contributed by atoms with Gasteiger partial charge in [0.15, 0.2) is 0 Å². The molecular weight excluding hydrogens is 200 g/mol. The van der Waals surface area contributed by atoms with Crippen LogP contribution in [0.5, 0.6) is 0 Å². The molecule has 0 atom stereocenters. The number of benzene rings is 1. The molecule has 16 heavy (non-hydrogen) atoms. The molecule has 0 bridgehead atoms. The number of rotatable bonds is 3. The van der Waals surface area contributed by atoms with Crippen LogP contribution in [-0.2, 0) is 11.3 Å². The zero-order valence-electron chi connectivity index (χ0n) is 9.95. The van der Waals surface area contributed by atoms with Crippen molar-refractivity contribution in [1.82, 2.24) is 9.55 Å². The highest BCUT2D eigenvalue weighted by Gasteiger charge is 2.05. The quantitative estimate of drug-likeness (QED) is 0.790. The second-order valence-corrected chi connectivity index (χ2v) is 4.32. The molecule has 0 N–H and O–H groups in total. The van der Waals surface area contributed by atoms with E-state index in [2.05, 4.69) is 31.0 Å². The number of carbonyl (C=O) groups excluding carboxylic acids is 1. The Morgan fingerprint density at radius 1 is 1.31 bits per heavy atom. The van der Waals surface area contributed by atoms with Crippen molar-refractivity contribution < 1.29 is 4.79 Å². The van der Waals surface area contributed by atoms with Crippen LogP contribution in [0.15, 0.2) is 18.5 Å². The van der Waals surface area contributed by atoms with Crippen LogP contribution in [0.1, 0.15) is 24.5 Å². The number of ketones is 1. The lowest BCUT2D eigenvalue weighted by atomic mass is 10.1.